The van der Waals surface area contributed by atoms with Crippen molar-refractivity contribution in [1.29, 1.82) is 0 Å². The Morgan fingerprint density at radius 3 is 2.90 bits per heavy atom. The summed E-state index contributed by atoms with van der Waals surface area (Å²) >= 11 is 3.60. The lowest BCUT2D eigenvalue weighted by Crippen LogP contribution is -2.10. The smallest absolute Gasteiger partial charge is 0.144 e. The summed E-state index contributed by atoms with van der Waals surface area (Å²) in [6.07, 6.45) is 3.31. The van der Waals surface area contributed by atoms with E-state index in [1.54, 1.807) is 0 Å². The van der Waals surface area contributed by atoms with Crippen molar-refractivity contribution in [3.05, 3.63) is 51.4 Å². The molecular formula is C17H20BrN3. The van der Waals surface area contributed by atoms with E-state index in [9.17, 15) is 0 Å². The van der Waals surface area contributed by atoms with Gasteiger partial charge in [-0.15, -0.1) is 0 Å². The lowest BCUT2D eigenvalue weighted by atomic mass is 10.0. The van der Waals surface area contributed by atoms with Crippen LogP contribution >= 0.6 is 15.9 Å². The van der Waals surface area contributed by atoms with Crippen molar-refractivity contribution in [2.75, 3.05) is 11.9 Å². The molecule has 1 N–H and O–H groups in total. The van der Waals surface area contributed by atoms with Gasteiger partial charge in [0.05, 0.1) is 10.2 Å². The molecule has 1 aromatic carbocycles. The van der Waals surface area contributed by atoms with Gasteiger partial charge in [0.25, 0.3) is 0 Å². The predicted octanol–water partition coefficient (Wildman–Crippen LogP) is 4.45. The topological polar surface area (TPSA) is 37.8 Å². The molecule has 3 rings (SSSR count). The predicted molar refractivity (Wildman–Crippen MR) is 89.9 cm³/mol. The van der Waals surface area contributed by atoms with E-state index in [0.717, 1.165) is 47.6 Å². The summed E-state index contributed by atoms with van der Waals surface area (Å²) in [5.41, 5.74) is 3.83. The van der Waals surface area contributed by atoms with Crippen LogP contribution in [0.5, 0.6) is 0 Å². The van der Waals surface area contributed by atoms with Crippen molar-refractivity contribution in [3.8, 4) is 0 Å². The average Bonchev–Trinajstić information content (AvgIpc) is 2.92. The summed E-state index contributed by atoms with van der Waals surface area (Å²) in [7, 11) is 0. The summed E-state index contributed by atoms with van der Waals surface area (Å²) in [6, 6.07) is 8.66. The highest BCUT2D eigenvalue weighted by molar-refractivity contribution is 9.10. The average molecular weight is 346 g/mol. The Hall–Kier alpha value is -1.42. The zero-order valence-corrected chi connectivity index (χ0v) is 14.1. The summed E-state index contributed by atoms with van der Waals surface area (Å²) < 4.78 is 0.978. The molecular weight excluding hydrogens is 326 g/mol. The normalized spacial score (nSPS) is 16.8. The molecule has 0 aliphatic heterocycles. The van der Waals surface area contributed by atoms with Crippen molar-refractivity contribution >= 4 is 21.7 Å². The van der Waals surface area contributed by atoms with Gasteiger partial charge in [0, 0.05) is 12.5 Å². The van der Waals surface area contributed by atoms with Gasteiger partial charge in [-0.3, -0.25) is 0 Å². The minimum absolute atomic E-state index is 0.329. The second kappa shape index (κ2) is 6.14. The monoisotopic (exact) mass is 345 g/mol. The molecule has 21 heavy (non-hydrogen) atoms. The Morgan fingerprint density at radius 2 is 2.10 bits per heavy atom. The molecule has 2 aromatic rings. The van der Waals surface area contributed by atoms with Crippen molar-refractivity contribution in [3.63, 3.8) is 0 Å². The van der Waals surface area contributed by atoms with E-state index in [-0.39, 0.29) is 0 Å². The zero-order chi connectivity index (χ0) is 14.8. The zero-order valence-electron chi connectivity index (χ0n) is 12.5. The highest BCUT2D eigenvalue weighted by Crippen LogP contribution is 2.37. The molecule has 110 valence electrons. The van der Waals surface area contributed by atoms with Gasteiger partial charge in [0.1, 0.15) is 11.6 Å². The van der Waals surface area contributed by atoms with Gasteiger partial charge in [0.15, 0.2) is 0 Å². The molecule has 4 heteroatoms. The number of halogens is 1. The van der Waals surface area contributed by atoms with Crippen LogP contribution in [0.15, 0.2) is 28.7 Å². The molecule has 1 heterocycles. The summed E-state index contributed by atoms with van der Waals surface area (Å²) in [4.78, 5) is 9.51. The van der Waals surface area contributed by atoms with Gasteiger partial charge in [-0.1, -0.05) is 31.2 Å². The van der Waals surface area contributed by atoms with Crippen LogP contribution in [0.1, 0.15) is 48.3 Å². The number of aromatic nitrogens is 2. The summed E-state index contributed by atoms with van der Waals surface area (Å²) in [5, 5.41) is 3.39. The fourth-order valence-electron chi connectivity index (χ4n) is 2.92. The lowest BCUT2D eigenvalue weighted by molar-refractivity contribution is 0.722. The van der Waals surface area contributed by atoms with E-state index >= 15 is 0 Å². The SMILES string of the molecule is CCCNc1nc(C2CCc3ccccc32)nc(C)c1Br. The Labute approximate surface area is 134 Å². The lowest BCUT2D eigenvalue weighted by Gasteiger charge is -2.15. The van der Waals surface area contributed by atoms with Crippen LogP contribution in [0.3, 0.4) is 0 Å². The fourth-order valence-corrected chi connectivity index (χ4v) is 3.24. The first-order valence-electron chi connectivity index (χ1n) is 7.56. The van der Waals surface area contributed by atoms with Crippen LogP contribution in [0.4, 0.5) is 5.82 Å². The minimum atomic E-state index is 0.329. The molecule has 3 nitrogen and oxygen atoms in total. The third kappa shape index (κ3) is 2.82. The van der Waals surface area contributed by atoms with Crippen molar-refractivity contribution in [2.45, 2.75) is 39.0 Å². The molecule has 0 saturated heterocycles. The second-order valence-electron chi connectivity index (χ2n) is 5.55. The number of nitrogens with one attached hydrogen (secondary N) is 1. The number of aryl methyl sites for hydroxylation is 2. The van der Waals surface area contributed by atoms with E-state index < -0.39 is 0 Å². The van der Waals surface area contributed by atoms with E-state index in [0.29, 0.717) is 5.92 Å². The number of benzene rings is 1. The Kier molecular flexibility index (Phi) is 4.24. The third-order valence-electron chi connectivity index (χ3n) is 4.02. The van der Waals surface area contributed by atoms with Crippen LogP contribution in [0, 0.1) is 6.92 Å². The molecule has 0 fully saturated rings. The number of anilines is 1. The quantitative estimate of drug-likeness (QED) is 0.889. The summed E-state index contributed by atoms with van der Waals surface area (Å²) in [6.45, 7) is 5.12. The maximum atomic E-state index is 4.78. The fraction of sp³-hybridized carbons (Fsp3) is 0.412. The van der Waals surface area contributed by atoms with E-state index in [4.69, 9.17) is 9.97 Å². The van der Waals surface area contributed by atoms with Gasteiger partial charge in [-0.05, 0) is 53.2 Å². The highest BCUT2D eigenvalue weighted by atomic mass is 79.9. The van der Waals surface area contributed by atoms with E-state index in [2.05, 4.69) is 52.4 Å². The molecule has 0 bridgehead atoms. The standard InChI is InChI=1S/C17H20BrN3/c1-3-10-19-17-15(18)11(2)20-16(21-17)14-9-8-12-6-4-5-7-13(12)14/h4-7,14H,3,8-10H2,1-2H3,(H,19,20,21). The largest absolute Gasteiger partial charge is 0.369 e. The molecule has 1 aliphatic carbocycles. The number of hydrogen-bond donors (Lipinski definition) is 1. The van der Waals surface area contributed by atoms with Crippen LogP contribution in [-0.2, 0) is 6.42 Å². The molecule has 0 saturated carbocycles. The second-order valence-corrected chi connectivity index (χ2v) is 6.34. The van der Waals surface area contributed by atoms with Crippen LogP contribution in [0.25, 0.3) is 0 Å². The number of fused-ring (bicyclic) bond motifs is 1. The first-order chi connectivity index (χ1) is 10.2. The molecule has 1 aliphatic rings. The molecule has 0 spiro atoms. The number of nitrogens with zero attached hydrogens (tertiary/aromatic N) is 2. The molecule has 1 atom stereocenters. The number of hydrogen-bond acceptors (Lipinski definition) is 3. The highest BCUT2D eigenvalue weighted by Gasteiger charge is 2.26. The Balaban J connectivity index is 1.98. The first-order valence-corrected chi connectivity index (χ1v) is 8.35. The molecule has 1 aromatic heterocycles. The van der Waals surface area contributed by atoms with Gasteiger partial charge in [-0.25, -0.2) is 9.97 Å². The van der Waals surface area contributed by atoms with Gasteiger partial charge in [-0.2, -0.15) is 0 Å². The maximum absolute atomic E-state index is 4.78. The minimum Gasteiger partial charge on any atom is -0.369 e. The first kappa shape index (κ1) is 14.5. The molecule has 1 unspecified atom stereocenters. The van der Waals surface area contributed by atoms with E-state index in [1.165, 1.54) is 11.1 Å². The maximum Gasteiger partial charge on any atom is 0.144 e. The summed E-state index contributed by atoms with van der Waals surface area (Å²) in [5.74, 6) is 2.19. The Morgan fingerprint density at radius 1 is 1.29 bits per heavy atom. The van der Waals surface area contributed by atoms with Crippen molar-refractivity contribution in [2.24, 2.45) is 0 Å². The van der Waals surface area contributed by atoms with Crippen LogP contribution in [-0.4, -0.2) is 16.5 Å². The van der Waals surface area contributed by atoms with Gasteiger partial charge < -0.3 is 5.32 Å². The van der Waals surface area contributed by atoms with Gasteiger partial charge in [0.2, 0.25) is 0 Å². The third-order valence-corrected chi connectivity index (χ3v) is 4.97. The van der Waals surface area contributed by atoms with Gasteiger partial charge >= 0.3 is 0 Å². The van der Waals surface area contributed by atoms with Crippen LogP contribution in [0.2, 0.25) is 0 Å². The van der Waals surface area contributed by atoms with Crippen molar-refractivity contribution < 1.29 is 0 Å². The molecule has 0 amide bonds. The molecule has 0 radical (unpaired) electrons. The van der Waals surface area contributed by atoms with Crippen molar-refractivity contribution in [1.82, 2.24) is 9.97 Å². The van der Waals surface area contributed by atoms with E-state index in [1.807, 2.05) is 6.92 Å². The number of rotatable bonds is 4. The van der Waals surface area contributed by atoms with Crippen LogP contribution < -0.4 is 5.32 Å². The Bertz CT molecular complexity index is 654.